The van der Waals surface area contributed by atoms with Gasteiger partial charge in [0.15, 0.2) is 0 Å². The molecule has 0 unspecified atom stereocenters. The smallest absolute Gasteiger partial charge is 0.426 e. The molecule has 0 N–H and O–H groups in total. The molecule has 0 fully saturated rings. The molecule has 1 heterocycles. The van der Waals surface area contributed by atoms with Gasteiger partial charge >= 0.3 is 12.1 Å². The quantitative estimate of drug-likeness (QED) is 0.571. The summed E-state index contributed by atoms with van der Waals surface area (Å²) < 4.78 is 46.9. The second kappa shape index (κ2) is 8.25. The van der Waals surface area contributed by atoms with Crippen LogP contribution in [0.5, 0.6) is 0 Å². The zero-order chi connectivity index (χ0) is 21.9. The Morgan fingerprint density at radius 1 is 1.07 bits per heavy atom. The average molecular weight is 419 g/mol. The lowest BCUT2D eigenvalue weighted by Gasteiger charge is -2.35. The second-order valence-electron chi connectivity index (χ2n) is 7.38. The third-order valence-electron chi connectivity index (χ3n) is 4.88. The number of ether oxygens (including phenoxy) is 1. The van der Waals surface area contributed by atoms with Crippen molar-refractivity contribution in [3.63, 3.8) is 0 Å². The lowest BCUT2D eigenvalue weighted by atomic mass is 9.79. The molecule has 0 spiro atoms. The third-order valence-corrected chi connectivity index (χ3v) is 4.88. The summed E-state index contributed by atoms with van der Waals surface area (Å²) in [6, 6.07) is 14.6. The molecule has 0 aliphatic rings. The van der Waals surface area contributed by atoms with Crippen LogP contribution in [0.4, 0.5) is 13.2 Å². The molecule has 0 amide bonds. The summed E-state index contributed by atoms with van der Waals surface area (Å²) >= 11 is 0. The van der Waals surface area contributed by atoms with Crippen molar-refractivity contribution in [3.8, 4) is 0 Å². The number of hydrogen-bond donors (Lipinski definition) is 0. The first-order chi connectivity index (χ1) is 14.1. The molecule has 158 valence electrons. The Morgan fingerprint density at radius 3 is 2.37 bits per heavy atom. The summed E-state index contributed by atoms with van der Waals surface area (Å²) in [5.41, 5.74) is -1.21. The highest BCUT2D eigenvalue weighted by molar-refractivity contribution is 5.76. The van der Waals surface area contributed by atoms with E-state index in [0.29, 0.717) is 16.5 Å². The van der Waals surface area contributed by atoms with Gasteiger partial charge in [0.05, 0.1) is 18.4 Å². The van der Waals surface area contributed by atoms with Gasteiger partial charge in [-0.05, 0) is 17.7 Å². The van der Waals surface area contributed by atoms with E-state index < -0.39 is 35.6 Å². The topological polar surface area (TPSA) is 74.1 Å². The van der Waals surface area contributed by atoms with E-state index in [0.717, 1.165) is 4.68 Å². The van der Waals surface area contributed by atoms with Gasteiger partial charge in [0.2, 0.25) is 6.10 Å². The molecule has 6 nitrogen and oxygen atoms in total. The summed E-state index contributed by atoms with van der Waals surface area (Å²) in [5.74, 6) is -1.08. The molecule has 0 saturated carbocycles. The van der Waals surface area contributed by atoms with Crippen LogP contribution in [0, 0.1) is 0 Å². The van der Waals surface area contributed by atoms with Gasteiger partial charge in [-0.25, -0.2) is 4.68 Å². The molecule has 0 bridgehead atoms. The Hall–Kier alpha value is -3.23. The van der Waals surface area contributed by atoms with Crippen LogP contribution in [-0.2, 0) is 21.5 Å². The van der Waals surface area contributed by atoms with E-state index in [1.807, 2.05) is 0 Å². The first-order valence-corrected chi connectivity index (χ1v) is 9.25. The number of aryl methyl sites for hydroxylation is 1. The van der Waals surface area contributed by atoms with Crippen molar-refractivity contribution in [2.24, 2.45) is 0 Å². The van der Waals surface area contributed by atoms with Gasteiger partial charge in [-0.2, -0.15) is 13.2 Å². The molecule has 0 saturated heterocycles. The molecule has 30 heavy (non-hydrogen) atoms. The van der Waals surface area contributed by atoms with E-state index in [9.17, 15) is 22.8 Å². The van der Waals surface area contributed by atoms with Crippen LogP contribution >= 0.6 is 0 Å². The first kappa shape index (κ1) is 21.5. The van der Waals surface area contributed by atoms with Gasteiger partial charge in [-0.1, -0.05) is 61.5 Å². The van der Waals surface area contributed by atoms with E-state index in [-0.39, 0.29) is 6.54 Å². The van der Waals surface area contributed by atoms with E-state index in [2.05, 4.69) is 10.3 Å². The molecule has 1 atom stereocenters. The van der Waals surface area contributed by atoms with Gasteiger partial charge in [0, 0.05) is 5.41 Å². The maximum Gasteiger partial charge on any atom is 0.426 e. The van der Waals surface area contributed by atoms with Gasteiger partial charge in [0.1, 0.15) is 5.52 Å². The van der Waals surface area contributed by atoms with Gasteiger partial charge in [-0.15, -0.1) is 5.10 Å². The number of aromatic nitrogens is 3. The number of carbonyl (C=O) groups is 1. The van der Waals surface area contributed by atoms with Crippen LogP contribution in [0.2, 0.25) is 0 Å². The Labute approximate surface area is 170 Å². The monoisotopic (exact) mass is 419 g/mol. The summed E-state index contributed by atoms with van der Waals surface area (Å²) in [5, 5.41) is 7.91. The highest BCUT2D eigenvalue weighted by atomic mass is 19.4. The molecular formula is C21H20F3N3O3. The average Bonchev–Trinajstić information content (AvgIpc) is 2.71. The number of halogens is 3. The lowest BCUT2D eigenvalue weighted by molar-refractivity contribution is -0.236. The van der Waals surface area contributed by atoms with Gasteiger partial charge < -0.3 is 4.74 Å². The highest BCUT2D eigenvalue weighted by Gasteiger charge is 2.52. The van der Waals surface area contributed by atoms with E-state index >= 15 is 0 Å². The fourth-order valence-electron chi connectivity index (χ4n) is 3.20. The minimum absolute atomic E-state index is 0.244. The number of benzene rings is 2. The Kier molecular flexibility index (Phi) is 5.91. The van der Waals surface area contributed by atoms with Crippen LogP contribution in [0.25, 0.3) is 10.9 Å². The summed E-state index contributed by atoms with van der Waals surface area (Å²) in [4.78, 5) is 24.6. The van der Waals surface area contributed by atoms with Crippen molar-refractivity contribution < 1.29 is 22.7 Å². The fraction of sp³-hybridized carbons (Fsp3) is 0.333. The zero-order valence-corrected chi connectivity index (χ0v) is 16.4. The summed E-state index contributed by atoms with van der Waals surface area (Å²) in [6.45, 7) is 2.49. The van der Waals surface area contributed by atoms with Crippen molar-refractivity contribution in [1.82, 2.24) is 15.0 Å². The third kappa shape index (κ3) is 4.50. The number of alkyl halides is 3. The van der Waals surface area contributed by atoms with Crippen molar-refractivity contribution in [2.75, 3.05) is 0 Å². The van der Waals surface area contributed by atoms with Crippen LogP contribution in [0.15, 0.2) is 59.4 Å². The fourth-order valence-corrected chi connectivity index (χ4v) is 3.20. The van der Waals surface area contributed by atoms with Crippen LogP contribution in [0.1, 0.15) is 25.8 Å². The highest BCUT2D eigenvalue weighted by Crippen LogP contribution is 2.39. The number of carbonyl (C=O) groups excluding carboxylic acids is 1. The number of rotatable bonds is 6. The number of esters is 1. The summed E-state index contributed by atoms with van der Waals surface area (Å²) in [6.07, 6.45) is -7.57. The van der Waals surface area contributed by atoms with Gasteiger partial charge in [0.25, 0.3) is 5.56 Å². The predicted molar refractivity (Wildman–Crippen MR) is 104 cm³/mol. The minimum atomic E-state index is -4.77. The predicted octanol–water partition coefficient (Wildman–Crippen LogP) is 3.63. The zero-order valence-electron chi connectivity index (χ0n) is 16.4. The lowest BCUT2D eigenvalue weighted by Crippen LogP contribution is -2.48. The molecule has 0 radical (unpaired) electrons. The molecule has 9 heteroatoms. The van der Waals surface area contributed by atoms with Crippen molar-refractivity contribution >= 4 is 16.9 Å². The Bertz CT molecular complexity index is 1100. The maximum absolute atomic E-state index is 13.7. The molecule has 1 aromatic heterocycles. The van der Waals surface area contributed by atoms with E-state index in [4.69, 9.17) is 4.74 Å². The van der Waals surface area contributed by atoms with E-state index in [1.165, 1.54) is 13.8 Å². The van der Waals surface area contributed by atoms with Crippen LogP contribution < -0.4 is 5.56 Å². The number of hydrogen-bond acceptors (Lipinski definition) is 5. The molecule has 2 aromatic carbocycles. The van der Waals surface area contributed by atoms with Gasteiger partial charge in [-0.3, -0.25) is 9.59 Å². The Morgan fingerprint density at radius 2 is 1.70 bits per heavy atom. The minimum Gasteiger partial charge on any atom is -0.452 e. The van der Waals surface area contributed by atoms with Crippen molar-refractivity contribution in [3.05, 3.63) is 70.5 Å². The normalized spacial score (nSPS) is 13.2. The first-order valence-electron chi connectivity index (χ1n) is 9.25. The van der Waals surface area contributed by atoms with Crippen molar-refractivity contribution in [1.29, 1.82) is 0 Å². The van der Waals surface area contributed by atoms with Crippen LogP contribution in [0.3, 0.4) is 0 Å². The summed E-state index contributed by atoms with van der Waals surface area (Å²) in [7, 11) is 0. The number of fused-ring (bicyclic) bond motifs is 1. The molecular weight excluding hydrogens is 399 g/mol. The Balaban J connectivity index is 1.76. The SMILES string of the molecule is CC(C)(c1ccccc1)[C@H](OC(=O)CCn1nnc2ccccc2c1=O)C(F)(F)F. The molecule has 0 aliphatic carbocycles. The van der Waals surface area contributed by atoms with E-state index in [1.54, 1.807) is 54.6 Å². The standard InChI is InChI=1S/C21H20F3N3O3/c1-20(2,14-8-4-3-5-9-14)19(21(22,23)24)30-17(28)12-13-27-18(29)15-10-6-7-11-16(15)25-26-27/h3-11,19H,12-13H2,1-2H3/t19-/m0/s1. The molecule has 3 aromatic rings. The van der Waals surface area contributed by atoms with Crippen molar-refractivity contribution in [2.45, 2.75) is 44.5 Å². The molecule has 0 aliphatic heterocycles. The molecule has 3 rings (SSSR count). The van der Waals surface area contributed by atoms with Crippen LogP contribution in [-0.4, -0.2) is 33.2 Å². The number of nitrogens with zero attached hydrogens (tertiary/aromatic N) is 3. The maximum atomic E-state index is 13.7. The second-order valence-corrected chi connectivity index (χ2v) is 7.38. The largest absolute Gasteiger partial charge is 0.452 e.